The number of likely N-dealkylation sites (tertiary alicyclic amines) is 1. The Kier molecular flexibility index (Phi) is 7.31. The van der Waals surface area contributed by atoms with Crippen molar-refractivity contribution in [3.8, 4) is 0 Å². The number of aliphatic hydroxyl groups is 1. The molecule has 2 rings (SSSR count). The molecule has 5 heteroatoms. The molecule has 2 atom stereocenters. The van der Waals surface area contributed by atoms with E-state index in [-0.39, 0.29) is 12.7 Å². The van der Waals surface area contributed by atoms with E-state index in [4.69, 9.17) is 9.84 Å². The second-order valence-electron chi connectivity index (χ2n) is 7.54. The third-order valence-electron chi connectivity index (χ3n) is 5.59. The molecule has 0 bridgehead atoms. The first-order valence-electron chi connectivity index (χ1n) is 9.25. The molecule has 0 radical (unpaired) electrons. The van der Waals surface area contributed by atoms with Crippen molar-refractivity contribution in [3.05, 3.63) is 0 Å². The van der Waals surface area contributed by atoms with Crippen LogP contribution in [0.25, 0.3) is 0 Å². The van der Waals surface area contributed by atoms with Crippen molar-refractivity contribution in [2.24, 2.45) is 11.8 Å². The standard InChI is InChI=1S/C18H34N2O3/c1-14(2)15(3)12-18(22)19-7-4-16(5-8-19)20-9-11-23-17(13-20)6-10-21/h14-17,21H,4-13H2,1-3H3/t15?,17-/m1/s1. The summed E-state index contributed by atoms with van der Waals surface area (Å²) in [6, 6.07) is 0.562. The Morgan fingerprint density at radius 1 is 1.22 bits per heavy atom. The van der Waals surface area contributed by atoms with Gasteiger partial charge in [-0.15, -0.1) is 0 Å². The highest BCUT2D eigenvalue weighted by Gasteiger charge is 2.30. The normalized spacial score (nSPS) is 25.8. The van der Waals surface area contributed by atoms with Crippen LogP contribution in [-0.4, -0.2) is 72.4 Å². The number of hydrogen-bond acceptors (Lipinski definition) is 4. The summed E-state index contributed by atoms with van der Waals surface area (Å²) in [5.74, 6) is 1.34. The maximum absolute atomic E-state index is 12.4. The lowest BCUT2D eigenvalue weighted by Crippen LogP contribution is -2.52. The number of ether oxygens (including phenoxy) is 1. The first-order chi connectivity index (χ1) is 11.0. The third kappa shape index (κ3) is 5.44. The molecule has 1 N–H and O–H groups in total. The average Bonchev–Trinajstić information content (AvgIpc) is 2.55. The SMILES string of the molecule is CC(C)C(C)CC(=O)N1CCC(N2CCO[C@H](CCO)C2)CC1. The van der Waals surface area contributed by atoms with Crippen LogP contribution in [0.3, 0.4) is 0 Å². The summed E-state index contributed by atoms with van der Waals surface area (Å²) >= 11 is 0. The molecule has 2 heterocycles. The van der Waals surface area contributed by atoms with Gasteiger partial charge in [-0.05, 0) is 31.1 Å². The fraction of sp³-hybridized carbons (Fsp3) is 0.944. The monoisotopic (exact) mass is 326 g/mol. The first-order valence-corrected chi connectivity index (χ1v) is 9.25. The van der Waals surface area contributed by atoms with Crippen molar-refractivity contribution in [1.82, 2.24) is 9.80 Å². The molecule has 0 aliphatic carbocycles. The largest absolute Gasteiger partial charge is 0.396 e. The molecule has 2 fully saturated rings. The number of morpholine rings is 1. The van der Waals surface area contributed by atoms with E-state index in [1.54, 1.807) is 0 Å². The van der Waals surface area contributed by atoms with Crippen LogP contribution in [0, 0.1) is 11.8 Å². The van der Waals surface area contributed by atoms with Gasteiger partial charge in [-0.2, -0.15) is 0 Å². The maximum Gasteiger partial charge on any atom is 0.222 e. The summed E-state index contributed by atoms with van der Waals surface area (Å²) in [6.45, 7) is 11.2. The molecule has 1 unspecified atom stereocenters. The molecule has 5 nitrogen and oxygen atoms in total. The van der Waals surface area contributed by atoms with Gasteiger partial charge in [0.05, 0.1) is 12.7 Å². The Hall–Kier alpha value is -0.650. The predicted molar refractivity (Wildman–Crippen MR) is 91.2 cm³/mol. The molecule has 0 aromatic rings. The van der Waals surface area contributed by atoms with Gasteiger partial charge in [0.2, 0.25) is 5.91 Å². The molecular formula is C18H34N2O3. The summed E-state index contributed by atoms with van der Waals surface area (Å²) < 4.78 is 5.70. The minimum Gasteiger partial charge on any atom is -0.396 e. The van der Waals surface area contributed by atoms with Crippen molar-refractivity contribution in [1.29, 1.82) is 0 Å². The number of nitrogens with zero attached hydrogens (tertiary/aromatic N) is 2. The van der Waals surface area contributed by atoms with E-state index in [1.165, 1.54) is 0 Å². The van der Waals surface area contributed by atoms with Crippen LogP contribution in [0.1, 0.15) is 46.5 Å². The lowest BCUT2D eigenvalue weighted by molar-refractivity contribution is -0.134. The smallest absolute Gasteiger partial charge is 0.222 e. The number of amides is 1. The van der Waals surface area contributed by atoms with Gasteiger partial charge < -0.3 is 14.7 Å². The quantitative estimate of drug-likeness (QED) is 0.808. The lowest BCUT2D eigenvalue weighted by Gasteiger charge is -2.42. The van der Waals surface area contributed by atoms with Crippen LogP contribution in [0.15, 0.2) is 0 Å². The summed E-state index contributed by atoms with van der Waals surface area (Å²) in [4.78, 5) is 17.0. The Labute approximate surface area is 141 Å². The number of hydrogen-bond donors (Lipinski definition) is 1. The van der Waals surface area contributed by atoms with E-state index < -0.39 is 0 Å². The van der Waals surface area contributed by atoms with Gasteiger partial charge in [0.15, 0.2) is 0 Å². The second kappa shape index (κ2) is 9.00. The number of rotatable bonds is 6. The van der Waals surface area contributed by atoms with Crippen molar-refractivity contribution in [3.63, 3.8) is 0 Å². The van der Waals surface area contributed by atoms with E-state index in [0.717, 1.165) is 52.0 Å². The van der Waals surface area contributed by atoms with Crippen LogP contribution in [0.5, 0.6) is 0 Å². The van der Waals surface area contributed by atoms with Crippen LogP contribution in [0.2, 0.25) is 0 Å². The minimum atomic E-state index is 0.167. The van der Waals surface area contributed by atoms with Crippen LogP contribution in [0.4, 0.5) is 0 Å². The van der Waals surface area contributed by atoms with Gasteiger partial charge >= 0.3 is 0 Å². The van der Waals surface area contributed by atoms with Crippen LogP contribution in [-0.2, 0) is 9.53 Å². The Morgan fingerprint density at radius 3 is 2.52 bits per heavy atom. The molecule has 1 amide bonds. The Morgan fingerprint density at radius 2 is 1.91 bits per heavy atom. The molecule has 0 spiro atoms. The third-order valence-corrected chi connectivity index (χ3v) is 5.59. The molecule has 0 saturated carbocycles. The summed E-state index contributed by atoms with van der Waals surface area (Å²) in [5, 5.41) is 9.08. The van der Waals surface area contributed by atoms with E-state index in [2.05, 4.69) is 30.6 Å². The van der Waals surface area contributed by atoms with Crippen molar-refractivity contribution in [2.45, 2.75) is 58.6 Å². The summed E-state index contributed by atoms with van der Waals surface area (Å²) in [7, 11) is 0. The molecule has 0 aromatic heterocycles. The molecular weight excluding hydrogens is 292 g/mol. The van der Waals surface area contributed by atoms with Crippen molar-refractivity contribution >= 4 is 5.91 Å². The zero-order chi connectivity index (χ0) is 16.8. The van der Waals surface area contributed by atoms with Gasteiger partial charge in [0.1, 0.15) is 0 Å². The van der Waals surface area contributed by atoms with E-state index in [9.17, 15) is 4.79 Å². The van der Waals surface area contributed by atoms with E-state index in [1.807, 2.05) is 0 Å². The summed E-state index contributed by atoms with van der Waals surface area (Å²) in [5.41, 5.74) is 0. The molecule has 23 heavy (non-hydrogen) atoms. The van der Waals surface area contributed by atoms with Crippen LogP contribution >= 0.6 is 0 Å². The predicted octanol–water partition coefficient (Wildman–Crippen LogP) is 1.74. The first kappa shape index (κ1) is 18.7. The Balaban J connectivity index is 1.76. The molecule has 134 valence electrons. The molecule has 0 aromatic carbocycles. The van der Waals surface area contributed by atoms with E-state index in [0.29, 0.717) is 30.2 Å². The summed E-state index contributed by atoms with van der Waals surface area (Å²) in [6.07, 6.45) is 3.70. The number of aliphatic hydroxyl groups excluding tert-OH is 1. The van der Waals surface area contributed by atoms with E-state index >= 15 is 0 Å². The van der Waals surface area contributed by atoms with Crippen molar-refractivity contribution in [2.75, 3.05) is 39.4 Å². The average molecular weight is 326 g/mol. The zero-order valence-corrected chi connectivity index (χ0v) is 15.0. The highest BCUT2D eigenvalue weighted by atomic mass is 16.5. The van der Waals surface area contributed by atoms with Gasteiger partial charge in [-0.3, -0.25) is 9.69 Å². The lowest BCUT2D eigenvalue weighted by atomic mass is 9.93. The van der Waals surface area contributed by atoms with Crippen molar-refractivity contribution < 1.29 is 14.6 Å². The Bertz CT molecular complexity index is 365. The molecule has 2 aliphatic heterocycles. The second-order valence-corrected chi connectivity index (χ2v) is 7.54. The van der Waals surface area contributed by atoms with Gasteiger partial charge in [0.25, 0.3) is 0 Å². The fourth-order valence-electron chi connectivity index (χ4n) is 3.51. The van der Waals surface area contributed by atoms with Gasteiger partial charge in [-0.25, -0.2) is 0 Å². The highest BCUT2D eigenvalue weighted by molar-refractivity contribution is 5.76. The maximum atomic E-state index is 12.4. The van der Waals surface area contributed by atoms with Crippen LogP contribution < -0.4 is 0 Å². The molecule has 2 saturated heterocycles. The zero-order valence-electron chi connectivity index (χ0n) is 15.0. The van der Waals surface area contributed by atoms with Gasteiger partial charge in [0, 0.05) is 45.2 Å². The number of piperidine rings is 1. The molecule has 2 aliphatic rings. The number of carbonyl (C=O) groups is 1. The minimum absolute atomic E-state index is 0.167. The van der Waals surface area contributed by atoms with Gasteiger partial charge in [-0.1, -0.05) is 20.8 Å². The topological polar surface area (TPSA) is 53.0 Å². The highest BCUT2D eigenvalue weighted by Crippen LogP contribution is 2.22. The number of carbonyl (C=O) groups excluding carboxylic acids is 1. The fourth-order valence-corrected chi connectivity index (χ4v) is 3.51.